The molecule has 0 amide bonds. The molecule has 1 aromatic heterocycles. The number of hydrogen-bond donors (Lipinski definition) is 1. The molecule has 1 aromatic carbocycles. The highest BCUT2D eigenvalue weighted by atomic mass is 16.5. The highest BCUT2D eigenvalue weighted by Crippen LogP contribution is 2.37. The van der Waals surface area contributed by atoms with Gasteiger partial charge < -0.3 is 14.5 Å². The summed E-state index contributed by atoms with van der Waals surface area (Å²) in [4.78, 5) is 0. The Labute approximate surface area is 126 Å². The van der Waals surface area contributed by atoms with Crippen molar-refractivity contribution in [2.45, 2.75) is 45.8 Å². The van der Waals surface area contributed by atoms with Crippen molar-refractivity contribution < 1.29 is 9.15 Å². The lowest BCUT2D eigenvalue weighted by Crippen LogP contribution is -2.24. The summed E-state index contributed by atoms with van der Waals surface area (Å²) in [5, 5.41) is 3.55. The van der Waals surface area contributed by atoms with Gasteiger partial charge in [0.05, 0.1) is 12.3 Å². The first-order chi connectivity index (χ1) is 10.00. The average molecular weight is 285 g/mol. The summed E-state index contributed by atoms with van der Waals surface area (Å²) in [6, 6.07) is 8.74. The molecule has 1 aliphatic heterocycles. The molecule has 112 valence electrons. The molecular weight excluding hydrogens is 262 g/mol. The van der Waals surface area contributed by atoms with E-state index in [1.165, 1.54) is 16.7 Å². The fourth-order valence-electron chi connectivity index (χ4n) is 3.11. The lowest BCUT2D eigenvalue weighted by Gasteiger charge is -2.18. The van der Waals surface area contributed by atoms with Crippen LogP contribution in [0.1, 0.15) is 49.3 Å². The minimum Gasteiger partial charge on any atom is -0.487 e. The second-order valence-corrected chi connectivity index (χ2v) is 6.33. The molecule has 0 fully saturated rings. The number of aryl methyl sites for hydroxylation is 1. The molecule has 0 saturated heterocycles. The average Bonchev–Trinajstić information content (AvgIpc) is 2.96. The first-order valence-corrected chi connectivity index (χ1v) is 7.59. The van der Waals surface area contributed by atoms with Crippen LogP contribution >= 0.6 is 0 Å². The highest BCUT2D eigenvalue weighted by Gasteiger charge is 2.30. The lowest BCUT2D eigenvalue weighted by atomic mass is 9.94. The third-order valence-electron chi connectivity index (χ3n) is 4.04. The van der Waals surface area contributed by atoms with Crippen molar-refractivity contribution in [3.63, 3.8) is 0 Å². The number of hydrogen-bond acceptors (Lipinski definition) is 3. The third-order valence-corrected chi connectivity index (χ3v) is 4.04. The Morgan fingerprint density at radius 2 is 2.10 bits per heavy atom. The smallest absolute Gasteiger partial charge is 0.123 e. The van der Waals surface area contributed by atoms with Crippen LogP contribution in [0, 0.1) is 6.92 Å². The summed E-state index contributed by atoms with van der Waals surface area (Å²) >= 11 is 0. The van der Waals surface area contributed by atoms with Gasteiger partial charge in [0, 0.05) is 12.0 Å². The topological polar surface area (TPSA) is 34.4 Å². The molecule has 0 bridgehead atoms. The SMILES string of the molecule is CCNC(c1ccc2c(c1)CC(C)(C)O2)c1ccoc1C. The Kier molecular flexibility index (Phi) is 3.54. The van der Waals surface area contributed by atoms with Crippen molar-refractivity contribution in [3.05, 3.63) is 53.0 Å². The standard InChI is InChI=1S/C18H23NO2/c1-5-19-17(15-8-9-20-12(15)2)13-6-7-16-14(10-13)11-18(3,4)21-16/h6-10,17,19H,5,11H2,1-4H3. The molecule has 0 radical (unpaired) electrons. The van der Waals surface area contributed by atoms with E-state index in [1.54, 1.807) is 6.26 Å². The van der Waals surface area contributed by atoms with Crippen molar-refractivity contribution in [2.75, 3.05) is 6.54 Å². The molecule has 0 saturated carbocycles. The van der Waals surface area contributed by atoms with Crippen LogP contribution in [-0.4, -0.2) is 12.1 Å². The van der Waals surface area contributed by atoms with Gasteiger partial charge in [-0.15, -0.1) is 0 Å². The summed E-state index contributed by atoms with van der Waals surface area (Å²) < 4.78 is 11.4. The van der Waals surface area contributed by atoms with E-state index in [4.69, 9.17) is 9.15 Å². The fraction of sp³-hybridized carbons (Fsp3) is 0.444. The Morgan fingerprint density at radius 3 is 2.76 bits per heavy atom. The van der Waals surface area contributed by atoms with Gasteiger partial charge in [-0.1, -0.05) is 19.1 Å². The number of ether oxygens (including phenoxy) is 1. The first kappa shape index (κ1) is 14.2. The number of benzene rings is 1. The highest BCUT2D eigenvalue weighted by molar-refractivity contribution is 5.45. The van der Waals surface area contributed by atoms with E-state index in [1.807, 2.05) is 6.92 Å². The Balaban J connectivity index is 1.97. The predicted molar refractivity (Wildman–Crippen MR) is 83.8 cm³/mol. The van der Waals surface area contributed by atoms with E-state index >= 15 is 0 Å². The normalized spacial score (nSPS) is 17.3. The summed E-state index contributed by atoms with van der Waals surface area (Å²) in [7, 11) is 0. The number of fused-ring (bicyclic) bond motifs is 1. The molecule has 1 aliphatic rings. The van der Waals surface area contributed by atoms with E-state index in [-0.39, 0.29) is 11.6 Å². The largest absolute Gasteiger partial charge is 0.487 e. The third kappa shape index (κ3) is 2.70. The second-order valence-electron chi connectivity index (χ2n) is 6.33. The van der Waals surface area contributed by atoms with Crippen molar-refractivity contribution in [1.29, 1.82) is 0 Å². The molecule has 2 heterocycles. The molecular formula is C18H23NO2. The van der Waals surface area contributed by atoms with Gasteiger partial charge in [0.2, 0.25) is 0 Å². The van der Waals surface area contributed by atoms with Crippen molar-refractivity contribution >= 4 is 0 Å². The van der Waals surface area contributed by atoms with Gasteiger partial charge in [-0.2, -0.15) is 0 Å². The molecule has 1 unspecified atom stereocenters. The molecule has 1 N–H and O–H groups in total. The molecule has 0 aliphatic carbocycles. The summed E-state index contributed by atoms with van der Waals surface area (Å²) in [6.45, 7) is 9.32. The van der Waals surface area contributed by atoms with Gasteiger partial charge in [0.1, 0.15) is 17.1 Å². The van der Waals surface area contributed by atoms with E-state index in [2.05, 4.69) is 50.4 Å². The maximum atomic E-state index is 5.96. The van der Waals surface area contributed by atoms with Crippen molar-refractivity contribution in [1.82, 2.24) is 5.32 Å². The summed E-state index contributed by atoms with van der Waals surface area (Å²) in [6.07, 6.45) is 2.72. The van der Waals surface area contributed by atoms with Crippen molar-refractivity contribution in [2.24, 2.45) is 0 Å². The van der Waals surface area contributed by atoms with Gasteiger partial charge in [-0.25, -0.2) is 0 Å². The second kappa shape index (κ2) is 5.23. The zero-order valence-corrected chi connectivity index (χ0v) is 13.2. The Morgan fingerprint density at radius 1 is 1.29 bits per heavy atom. The van der Waals surface area contributed by atoms with Gasteiger partial charge in [0.25, 0.3) is 0 Å². The molecule has 3 heteroatoms. The quantitative estimate of drug-likeness (QED) is 0.922. The maximum Gasteiger partial charge on any atom is 0.123 e. The van der Waals surface area contributed by atoms with Crippen LogP contribution in [0.15, 0.2) is 34.9 Å². The molecule has 2 aromatic rings. The van der Waals surface area contributed by atoms with Gasteiger partial charge in [-0.05, 0) is 50.6 Å². The van der Waals surface area contributed by atoms with Gasteiger partial charge >= 0.3 is 0 Å². The van der Waals surface area contributed by atoms with E-state index in [0.29, 0.717) is 0 Å². The molecule has 3 rings (SSSR count). The minimum absolute atomic E-state index is 0.0970. The van der Waals surface area contributed by atoms with Crippen molar-refractivity contribution in [3.8, 4) is 5.75 Å². The Hall–Kier alpha value is -1.74. The minimum atomic E-state index is -0.0970. The predicted octanol–water partition coefficient (Wildman–Crippen LogP) is 4.00. The number of furan rings is 1. The maximum absolute atomic E-state index is 5.96. The van der Waals surface area contributed by atoms with Crippen LogP contribution in [-0.2, 0) is 6.42 Å². The van der Waals surface area contributed by atoms with Crippen LogP contribution in [0.2, 0.25) is 0 Å². The molecule has 1 atom stereocenters. The Bertz CT molecular complexity index is 642. The van der Waals surface area contributed by atoms with E-state index < -0.39 is 0 Å². The molecule has 3 nitrogen and oxygen atoms in total. The van der Waals surface area contributed by atoms with Crippen LogP contribution in [0.5, 0.6) is 5.75 Å². The van der Waals surface area contributed by atoms with Crippen LogP contribution < -0.4 is 10.1 Å². The monoisotopic (exact) mass is 285 g/mol. The number of nitrogens with one attached hydrogen (secondary N) is 1. The van der Waals surface area contributed by atoms with Crippen LogP contribution in [0.25, 0.3) is 0 Å². The zero-order chi connectivity index (χ0) is 15.0. The lowest BCUT2D eigenvalue weighted by molar-refractivity contribution is 0.138. The summed E-state index contributed by atoms with van der Waals surface area (Å²) in [5.74, 6) is 1.99. The van der Waals surface area contributed by atoms with E-state index in [9.17, 15) is 0 Å². The number of rotatable bonds is 4. The molecule has 21 heavy (non-hydrogen) atoms. The van der Waals surface area contributed by atoms with Crippen LogP contribution in [0.3, 0.4) is 0 Å². The van der Waals surface area contributed by atoms with E-state index in [0.717, 1.165) is 24.5 Å². The fourth-order valence-corrected chi connectivity index (χ4v) is 3.11. The van der Waals surface area contributed by atoms with Gasteiger partial charge in [-0.3, -0.25) is 0 Å². The zero-order valence-electron chi connectivity index (χ0n) is 13.2. The van der Waals surface area contributed by atoms with Gasteiger partial charge in [0.15, 0.2) is 0 Å². The van der Waals surface area contributed by atoms with Crippen LogP contribution in [0.4, 0.5) is 0 Å². The first-order valence-electron chi connectivity index (χ1n) is 7.59. The molecule has 0 spiro atoms. The summed E-state index contributed by atoms with van der Waals surface area (Å²) in [5.41, 5.74) is 3.66.